The smallest absolute Gasteiger partial charge is 0.252 e. The van der Waals surface area contributed by atoms with Crippen LogP contribution in [0.4, 0.5) is 11.6 Å². The number of hydrogen-bond acceptors (Lipinski definition) is 8. The zero-order chi connectivity index (χ0) is 20.6. The summed E-state index contributed by atoms with van der Waals surface area (Å²) in [6, 6.07) is 5.09. The highest BCUT2D eigenvalue weighted by Crippen LogP contribution is 2.40. The molecule has 9 nitrogen and oxygen atoms in total. The molecule has 1 saturated carbocycles. The third-order valence-electron chi connectivity index (χ3n) is 4.49. The zero-order valence-electron chi connectivity index (χ0n) is 15.5. The van der Waals surface area contributed by atoms with Crippen LogP contribution in [0.25, 0.3) is 10.7 Å². The Labute approximate surface area is 176 Å². The van der Waals surface area contributed by atoms with Gasteiger partial charge in [0.1, 0.15) is 9.23 Å². The first kappa shape index (κ1) is 20.2. The molecule has 0 unspecified atom stereocenters. The van der Waals surface area contributed by atoms with Crippen LogP contribution in [0.5, 0.6) is 0 Å². The van der Waals surface area contributed by atoms with Gasteiger partial charge in [-0.2, -0.15) is 9.40 Å². The minimum atomic E-state index is -3.67. The van der Waals surface area contributed by atoms with E-state index >= 15 is 0 Å². The van der Waals surface area contributed by atoms with Crippen LogP contribution in [0.1, 0.15) is 24.5 Å². The van der Waals surface area contributed by atoms with Crippen molar-refractivity contribution in [3.63, 3.8) is 0 Å². The van der Waals surface area contributed by atoms with Gasteiger partial charge in [0.15, 0.2) is 17.5 Å². The van der Waals surface area contributed by atoms with E-state index in [9.17, 15) is 8.42 Å². The number of likely N-dealkylation sites (N-methyl/N-ethyl adjacent to an activating group) is 1. The van der Waals surface area contributed by atoms with Gasteiger partial charge in [0, 0.05) is 31.3 Å². The molecular formula is C17H19ClN6O3S2. The number of nitrogens with zero attached hydrogens (tertiary/aromatic N) is 4. The Bertz CT molecular complexity index is 1130. The van der Waals surface area contributed by atoms with E-state index in [4.69, 9.17) is 16.7 Å². The summed E-state index contributed by atoms with van der Waals surface area (Å²) in [5, 5.41) is 19.6. The number of nitrogens with one attached hydrogen (secondary N) is 2. The molecule has 3 N–H and O–H groups in total. The summed E-state index contributed by atoms with van der Waals surface area (Å²) in [5.74, 6) is 1.90. The number of anilines is 2. The highest BCUT2D eigenvalue weighted by Gasteiger charge is 2.26. The minimum Gasteiger partial charge on any atom is -0.395 e. The van der Waals surface area contributed by atoms with Gasteiger partial charge >= 0.3 is 0 Å². The van der Waals surface area contributed by atoms with Crippen molar-refractivity contribution in [3.05, 3.63) is 35.1 Å². The lowest BCUT2D eigenvalue weighted by Gasteiger charge is -2.13. The molecule has 154 valence electrons. The van der Waals surface area contributed by atoms with E-state index in [-0.39, 0.29) is 17.4 Å². The van der Waals surface area contributed by atoms with E-state index in [0.717, 1.165) is 34.2 Å². The topological polar surface area (TPSA) is 124 Å². The Kier molecular flexibility index (Phi) is 5.58. The third kappa shape index (κ3) is 4.28. The van der Waals surface area contributed by atoms with E-state index in [1.165, 1.54) is 19.3 Å². The fourth-order valence-corrected chi connectivity index (χ4v) is 5.45. The number of aromatic amines is 1. The van der Waals surface area contributed by atoms with Crippen LogP contribution in [-0.2, 0) is 10.0 Å². The normalized spacial score (nSPS) is 14.5. The van der Waals surface area contributed by atoms with Crippen LogP contribution >= 0.6 is 22.9 Å². The lowest BCUT2D eigenvalue weighted by Crippen LogP contribution is -2.29. The van der Waals surface area contributed by atoms with Gasteiger partial charge in [0.2, 0.25) is 0 Å². The molecule has 0 saturated heterocycles. The van der Waals surface area contributed by atoms with Crippen molar-refractivity contribution in [2.75, 3.05) is 25.5 Å². The van der Waals surface area contributed by atoms with Gasteiger partial charge in [-0.05, 0) is 25.0 Å². The monoisotopic (exact) mass is 454 g/mol. The molecule has 0 aromatic carbocycles. The molecular weight excluding hydrogens is 436 g/mol. The van der Waals surface area contributed by atoms with Gasteiger partial charge in [-0.25, -0.2) is 18.4 Å². The fraction of sp³-hybridized carbons (Fsp3) is 0.353. The molecule has 29 heavy (non-hydrogen) atoms. The van der Waals surface area contributed by atoms with Gasteiger partial charge in [-0.15, -0.1) is 11.3 Å². The number of H-pyrrole nitrogens is 1. The number of aliphatic hydroxyl groups is 1. The van der Waals surface area contributed by atoms with Crippen LogP contribution in [0.2, 0.25) is 5.02 Å². The Balaban J connectivity index is 1.58. The molecule has 12 heteroatoms. The van der Waals surface area contributed by atoms with Gasteiger partial charge in [0.05, 0.1) is 17.7 Å². The first-order valence-electron chi connectivity index (χ1n) is 8.91. The SMILES string of the molecule is CN(CCO)S(=O)(=O)c1ccc(-c2ncc(Cl)c(Nc3cc(C4CC4)[nH]n3)n2)s1. The number of sulfonamides is 1. The summed E-state index contributed by atoms with van der Waals surface area (Å²) < 4.78 is 26.3. The van der Waals surface area contributed by atoms with Crippen molar-refractivity contribution in [2.45, 2.75) is 23.0 Å². The van der Waals surface area contributed by atoms with Crippen molar-refractivity contribution in [1.82, 2.24) is 24.5 Å². The summed E-state index contributed by atoms with van der Waals surface area (Å²) in [4.78, 5) is 9.24. The zero-order valence-corrected chi connectivity index (χ0v) is 17.9. The van der Waals surface area contributed by atoms with E-state index < -0.39 is 10.0 Å². The van der Waals surface area contributed by atoms with Gasteiger partial charge in [-0.1, -0.05) is 11.6 Å². The first-order chi connectivity index (χ1) is 13.9. The van der Waals surface area contributed by atoms with Crippen LogP contribution in [0.3, 0.4) is 0 Å². The largest absolute Gasteiger partial charge is 0.395 e. The minimum absolute atomic E-state index is 0.0214. The van der Waals surface area contributed by atoms with E-state index in [1.807, 2.05) is 6.07 Å². The molecule has 1 aliphatic carbocycles. The Morgan fingerprint density at radius 1 is 1.41 bits per heavy atom. The summed E-state index contributed by atoms with van der Waals surface area (Å²) >= 11 is 7.28. The van der Waals surface area contributed by atoms with Crippen molar-refractivity contribution in [3.8, 4) is 10.7 Å². The average molecular weight is 455 g/mol. The molecule has 0 bridgehead atoms. The molecule has 4 rings (SSSR count). The van der Waals surface area contributed by atoms with Crippen LogP contribution in [0, 0.1) is 0 Å². The number of rotatable bonds is 8. The Hall–Kier alpha value is -2.05. The van der Waals surface area contributed by atoms with Crippen LogP contribution in [0.15, 0.2) is 28.6 Å². The number of thiophene rings is 1. The average Bonchev–Trinajstić information content (AvgIpc) is 3.23. The second-order valence-electron chi connectivity index (χ2n) is 6.67. The summed E-state index contributed by atoms with van der Waals surface area (Å²) in [7, 11) is -2.25. The molecule has 0 aliphatic heterocycles. The standard InChI is InChI=1S/C17H19ClN6O3S2/c1-24(6-7-25)29(26,27)15-5-4-13(28-15)17-19-9-11(18)16(21-17)20-14-8-12(22-23-14)10-2-3-10/h4-5,8-10,25H,2-3,6-7H2,1H3,(H2,19,20,21,22,23). The summed E-state index contributed by atoms with van der Waals surface area (Å²) in [5.41, 5.74) is 1.08. The van der Waals surface area contributed by atoms with E-state index in [2.05, 4.69) is 25.5 Å². The maximum Gasteiger partial charge on any atom is 0.252 e. The number of hydrogen-bond donors (Lipinski definition) is 3. The van der Waals surface area contributed by atoms with Gasteiger partial charge in [0.25, 0.3) is 10.0 Å². The first-order valence-corrected chi connectivity index (χ1v) is 11.5. The van der Waals surface area contributed by atoms with Crippen molar-refractivity contribution < 1.29 is 13.5 Å². The highest BCUT2D eigenvalue weighted by molar-refractivity contribution is 7.91. The van der Waals surface area contributed by atoms with Gasteiger partial charge < -0.3 is 10.4 Å². The molecule has 3 aromatic heterocycles. The quantitative estimate of drug-likeness (QED) is 0.478. The molecule has 0 atom stereocenters. The van der Waals surface area contributed by atoms with E-state index in [0.29, 0.717) is 33.3 Å². The second kappa shape index (κ2) is 8.00. The highest BCUT2D eigenvalue weighted by atomic mass is 35.5. The molecule has 3 heterocycles. The predicted molar refractivity (Wildman–Crippen MR) is 111 cm³/mol. The molecule has 3 aromatic rings. The lowest BCUT2D eigenvalue weighted by molar-refractivity contribution is 0.266. The van der Waals surface area contributed by atoms with E-state index in [1.54, 1.807) is 6.07 Å². The number of aliphatic hydroxyl groups excluding tert-OH is 1. The third-order valence-corrected chi connectivity index (χ3v) is 8.17. The maximum atomic E-state index is 12.5. The van der Waals surface area contributed by atoms with Gasteiger partial charge in [-0.3, -0.25) is 5.10 Å². The van der Waals surface area contributed by atoms with Crippen molar-refractivity contribution >= 4 is 44.6 Å². The Morgan fingerprint density at radius 2 is 2.21 bits per heavy atom. The summed E-state index contributed by atoms with van der Waals surface area (Å²) in [6.07, 6.45) is 3.79. The number of aromatic nitrogens is 4. The van der Waals surface area contributed by atoms with Crippen molar-refractivity contribution in [2.24, 2.45) is 0 Å². The summed E-state index contributed by atoms with van der Waals surface area (Å²) in [6.45, 7) is -0.230. The number of halogens is 1. The molecule has 0 spiro atoms. The molecule has 0 radical (unpaired) electrons. The Morgan fingerprint density at radius 3 is 2.93 bits per heavy atom. The maximum absolute atomic E-state index is 12.5. The second-order valence-corrected chi connectivity index (χ2v) is 10.4. The fourth-order valence-electron chi connectivity index (χ4n) is 2.69. The molecule has 0 amide bonds. The molecule has 1 fully saturated rings. The lowest BCUT2D eigenvalue weighted by atomic mass is 10.3. The predicted octanol–water partition coefficient (Wildman–Crippen LogP) is 2.82. The molecule has 1 aliphatic rings. The van der Waals surface area contributed by atoms with Crippen LogP contribution < -0.4 is 5.32 Å². The van der Waals surface area contributed by atoms with Crippen molar-refractivity contribution in [1.29, 1.82) is 0 Å². The van der Waals surface area contributed by atoms with Crippen LogP contribution in [-0.4, -0.2) is 58.2 Å².